The third-order valence-corrected chi connectivity index (χ3v) is 3.93. The highest BCUT2D eigenvalue weighted by Crippen LogP contribution is 2.21. The minimum absolute atomic E-state index is 0.0242. The van der Waals surface area contributed by atoms with Gasteiger partial charge in [0.05, 0.1) is 13.2 Å². The molecule has 1 unspecified atom stereocenters. The van der Waals surface area contributed by atoms with Crippen LogP contribution in [0.15, 0.2) is 24.3 Å². The first kappa shape index (κ1) is 16.6. The van der Waals surface area contributed by atoms with Gasteiger partial charge >= 0.3 is 0 Å². The number of rotatable bonds is 4. The quantitative estimate of drug-likeness (QED) is 0.917. The molecule has 1 atom stereocenters. The van der Waals surface area contributed by atoms with Crippen LogP contribution >= 0.6 is 0 Å². The zero-order valence-corrected chi connectivity index (χ0v) is 14.3. The topological polar surface area (TPSA) is 74.3 Å². The van der Waals surface area contributed by atoms with E-state index in [4.69, 9.17) is 4.74 Å². The number of ether oxygens (including phenoxy) is 1. The lowest BCUT2D eigenvalue weighted by molar-refractivity contribution is -0.0266. The van der Waals surface area contributed by atoms with E-state index in [1.54, 1.807) is 0 Å². The number of H-pyrrole nitrogens is 1. The average molecular weight is 329 g/mol. The van der Waals surface area contributed by atoms with Crippen LogP contribution in [-0.4, -0.2) is 64.7 Å². The highest BCUT2D eigenvalue weighted by Gasteiger charge is 2.28. The van der Waals surface area contributed by atoms with E-state index in [9.17, 15) is 4.79 Å². The molecule has 1 aliphatic rings. The zero-order chi connectivity index (χ0) is 17.1. The largest absolute Gasteiger partial charge is 0.366 e. The molecule has 0 bridgehead atoms. The first-order chi connectivity index (χ1) is 11.5. The summed E-state index contributed by atoms with van der Waals surface area (Å²) in [5.74, 6) is 1.37. The smallest absolute Gasteiger partial charge is 0.254 e. The Balaban J connectivity index is 1.72. The molecule has 24 heavy (non-hydrogen) atoms. The Hall–Kier alpha value is -2.25. The van der Waals surface area contributed by atoms with E-state index < -0.39 is 0 Å². The predicted molar refractivity (Wildman–Crippen MR) is 89.5 cm³/mol. The molecule has 128 valence electrons. The van der Waals surface area contributed by atoms with Crippen molar-refractivity contribution in [3.8, 4) is 0 Å². The molecule has 2 aromatic rings. The van der Waals surface area contributed by atoms with E-state index in [1.807, 2.05) is 50.2 Å². The molecule has 1 aromatic heterocycles. The molecule has 1 N–H and O–H groups in total. The van der Waals surface area contributed by atoms with Gasteiger partial charge in [0.1, 0.15) is 11.9 Å². The van der Waals surface area contributed by atoms with Gasteiger partial charge in [0.2, 0.25) is 0 Å². The van der Waals surface area contributed by atoms with Crippen LogP contribution in [0.4, 0.5) is 0 Å². The van der Waals surface area contributed by atoms with E-state index in [2.05, 4.69) is 20.1 Å². The van der Waals surface area contributed by atoms with Gasteiger partial charge in [-0.2, -0.15) is 5.10 Å². The van der Waals surface area contributed by atoms with E-state index in [-0.39, 0.29) is 12.0 Å². The van der Waals surface area contributed by atoms with Crippen LogP contribution in [0.2, 0.25) is 0 Å². The number of hydrogen-bond donors (Lipinski definition) is 1. The Morgan fingerprint density at radius 3 is 3.00 bits per heavy atom. The van der Waals surface area contributed by atoms with Crippen molar-refractivity contribution in [3.63, 3.8) is 0 Å². The molecular weight excluding hydrogens is 306 g/mol. The van der Waals surface area contributed by atoms with E-state index in [1.165, 1.54) is 0 Å². The van der Waals surface area contributed by atoms with Crippen LogP contribution in [0.3, 0.4) is 0 Å². The van der Waals surface area contributed by atoms with Gasteiger partial charge in [-0.1, -0.05) is 12.1 Å². The molecule has 0 saturated carbocycles. The molecule has 2 heterocycles. The molecule has 0 aliphatic carbocycles. The number of carbonyl (C=O) groups is 1. The second kappa shape index (κ2) is 7.11. The van der Waals surface area contributed by atoms with Gasteiger partial charge in [0.15, 0.2) is 5.82 Å². The number of aromatic nitrogens is 3. The van der Waals surface area contributed by atoms with Gasteiger partial charge in [-0.15, -0.1) is 0 Å². The highest BCUT2D eigenvalue weighted by molar-refractivity contribution is 5.94. The fraction of sp³-hybridized carbons (Fsp3) is 0.471. The van der Waals surface area contributed by atoms with Gasteiger partial charge in [-0.05, 0) is 38.7 Å². The highest BCUT2D eigenvalue weighted by atomic mass is 16.5. The molecule has 3 rings (SSSR count). The van der Waals surface area contributed by atoms with Crippen molar-refractivity contribution < 1.29 is 9.53 Å². The Kier molecular flexibility index (Phi) is 4.92. The normalized spacial score (nSPS) is 18.2. The minimum atomic E-state index is -0.280. The van der Waals surface area contributed by atoms with Gasteiger partial charge in [-0.3, -0.25) is 9.89 Å². The third-order valence-electron chi connectivity index (χ3n) is 3.93. The van der Waals surface area contributed by atoms with Crippen LogP contribution in [0, 0.1) is 6.92 Å². The maximum absolute atomic E-state index is 12.8. The summed E-state index contributed by atoms with van der Waals surface area (Å²) in [5.41, 5.74) is 1.83. The van der Waals surface area contributed by atoms with E-state index >= 15 is 0 Å². The SMILES string of the molecule is Cc1nc(C2CN(C(=O)c3cccc(CN(C)C)c3)CCO2)n[nH]1. The van der Waals surface area contributed by atoms with Gasteiger partial charge in [0, 0.05) is 18.7 Å². The zero-order valence-electron chi connectivity index (χ0n) is 14.3. The van der Waals surface area contributed by atoms with Crippen LogP contribution in [0.5, 0.6) is 0 Å². The fourth-order valence-electron chi connectivity index (χ4n) is 2.84. The van der Waals surface area contributed by atoms with Crippen LogP contribution in [0.1, 0.15) is 33.7 Å². The second-order valence-electron chi connectivity index (χ2n) is 6.33. The summed E-state index contributed by atoms with van der Waals surface area (Å²) >= 11 is 0. The maximum Gasteiger partial charge on any atom is 0.254 e. The van der Waals surface area contributed by atoms with Crippen molar-refractivity contribution in [2.24, 2.45) is 0 Å². The lowest BCUT2D eigenvalue weighted by Gasteiger charge is -2.31. The number of amides is 1. The first-order valence-electron chi connectivity index (χ1n) is 8.06. The predicted octanol–water partition coefficient (Wildman–Crippen LogP) is 1.39. The number of nitrogens with one attached hydrogen (secondary N) is 1. The lowest BCUT2D eigenvalue weighted by atomic mass is 10.1. The third kappa shape index (κ3) is 3.80. The Bertz CT molecular complexity index is 713. The summed E-state index contributed by atoms with van der Waals surface area (Å²) in [7, 11) is 4.03. The Morgan fingerprint density at radius 1 is 1.46 bits per heavy atom. The van der Waals surface area contributed by atoms with Crippen molar-refractivity contribution in [1.82, 2.24) is 25.0 Å². The summed E-state index contributed by atoms with van der Waals surface area (Å²) in [6.07, 6.45) is -0.280. The molecule has 1 aromatic carbocycles. The number of aryl methyl sites for hydroxylation is 1. The molecule has 0 spiro atoms. The summed E-state index contributed by atoms with van der Waals surface area (Å²) in [6.45, 7) is 4.19. The molecule has 7 heteroatoms. The fourth-order valence-corrected chi connectivity index (χ4v) is 2.84. The van der Waals surface area contributed by atoms with Gasteiger partial charge < -0.3 is 14.5 Å². The van der Waals surface area contributed by atoms with E-state index in [0.717, 1.165) is 17.9 Å². The number of nitrogens with zero attached hydrogens (tertiary/aromatic N) is 4. The van der Waals surface area contributed by atoms with Gasteiger partial charge in [-0.25, -0.2) is 4.98 Å². The second-order valence-corrected chi connectivity index (χ2v) is 6.33. The molecule has 7 nitrogen and oxygen atoms in total. The number of hydrogen-bond acceptors (Lipinski definition) is 5. The molecule has 1 fully saturated rings. The molecule has 0 radical (unpaired) electrons. The Morgan fingerprint density at radius 2 is 2.29 bits per heavy atom. The summed E-state index contributed by atoms with van der Waals surface area (Å²) in [4.78, 5) is 21.0. The van der Waals surface area contributed by atoms with Gasteiger partial charge in [0.25, 0.3) is 5.91 Å². The summed E-state index contributed by atoms with van der Waals surface area (Å²) < 4.78 is 5.72. The van der Waals surface area contributed by atoms with Crippen LogP contribution in [0.25, 0.3) is 0 Å². The maximum atomic E-state index is 12.8. The van der Waals surface area contributed by atoms with Crippen LogP contribution in [-0.2, 0) is 11.3 Å². The monoisotopic (exact) mass is 329 g/mol. The average Bonchev–Trinajstić information content (AvgIpc) is 3.00. The van der Waals surface area contributed by atoms with Crippen molar-refractivity contribution >= 4 is 5.91 Å². The Labute approximate surface area is 141 Å². The minimum Gasteiger partial charge on any atom is -0.366 e. The van der Waals surface area contributed by atoms with Crippen molar-refractivity contribution in [2.45, 2.75) is 19.6 Å². The number of morpholine rings is 1. The summed E-state index contributed by atoms with van der Waals surface area (Å²) in [5, 5.41) is 6.97. The molecule has 1 aliphatic heterocycles. The van der Waals surface area contributed by atoms with Crippen molar-refractivity contribution in [1.29, 1.82) is 0 Å². The molecular formula is C17H23N5O2. The number of benzene rings is 1. The van der Waals surface area contributed by atoms with Crippen molar-refractivity contribution in [3.05, 3.63) is 47.0 Å². The standard InChI is InChI=1S/C17H23N5O2/c1-12-18-16(20-19-12)15-11-22(7-8-24-15)17(23)14-6-4-5-13(9-14)10-21(2)3/h4-6,9,15H,7-8,10-11H2,1-3H3,(H,18,19,20). The lowest BCUT2D eigenvalue weighted by Crippen LogP contribution is -2.42. The molecule has 1 amide bonds. The first-order valence-corrected chi connectivity index (χ1v) is 8.06. The number of aromatic amines is 1. The summed E-state index contributed by atoms with van der Waals surface area (Å²) in [6, 6.07) is 7.80. The number of carbonyl (C=O) groups excluding carboxylic acids is 1. The van der Waals surface area contributed by atoms with E-state index in [0.29, 0.717) is 31.1 Å². The molecule has 1 saturated heterocycles. The van der Waals surface area contributed by atoms with Crippen molar-refractivity contribution in [2.75, 3.05) is 33.8 Å². The van der Waals surface area contributed by atoms with Crippen LogP contribution < -0.4 is 0 Å².